The minimum absolute atomic E-state index is 0.216. The third-order valence-electron chi connectivity index (χ3n) is 3.61. The summed E-state index contributed by atoms with van der Waals surface area (Å²) in [6, 6.07) is 1.90. The molecule has 6 heteroatoms. The molecule has 0 bridgehead atoms. The Morgan fingerprint density at radius 3 is 2.70 bits per heavy atom. The number of carbonyl (C=O) groups excluding carboxylic acids is 1. The molecule has 4 N–H and O–H groups in total. The second-order valence-corrected chi connectivity index (χ2v) is 5.55. The maximum atomic E-state index is 10.6. The van der Waals surface area contributed by atoms with Gasteiger partial charge >= 0.3 is 0 Å². The molecule has 23 heavy (non-hydrogen) atoms. The summed E-state index contributed by atoms with van der Waals surface area (Å²) in [7, 11) is 1.50. The number of aromatic nitrogens is 3. The first kappa shape index (κ1) is 18.6. The van der Waals surface area contributed by atoms with Gasteiger partial charge in [0.15, 0.2) is 0 Å². The van der Waals surface area contributed by atoms with Crippen molar-refractivity contribution in [2.24, 2.45) is 5.73 Å². The second kappa shape index (κ2) is 8.24. The predicted octanol–water partition coefficient (Wildman–Crippen LogP) is 2.46. The van der Waals surface area contributed by atoms with Crippen molar-refractivity contribution in [2.45, 2.75) is 32.2 Å². The van der Waals surface area contributed by atoms with Crippen molar-refractivity contribution in [3.05, 3.63) is 36.8 Å². The van der Waals surface area contributed by atoms with Gasteiger partial charge in [0, 0.05) is 29.9 Å². The molecule has 0 saturated heterocycles. The van der Waals surface area contributed by atoms with Crippen LogP contribution in [0.3, 0.4) is 0 Å². The Hall–Kier alpha value is -2.47. The normalized spacial score (nSPS) is 10.6. The van der Waals surface area contributed by atoms with Crippen LogP contribution in [0.15, 0.2) is 31.2 Å². The summed E-state index contributed by atoms with van der Waals surface area (Å²) < 4.78 is 1.88. The Kier molecular flexibility index (Phi) is 6.65. The minimum Gasteiger partial charge on any atom is -0.383 e. The van der Waals surface area contributed by atoms with E-state index in [9.17, 15) is 4.79 Å². The van der Waals surface area contributed by atoms with Gasteiger partial charge in [-0.2, -0.15) is 5.10 Å². The molecule has 0 aromatic carbocycles. The molecule has 0 saturated carbocycles. The SMILES string of the molecule is C=Cc1c(-c2cnn(C(C)(C)CCC=O)c2)ccnc1N.CN. The Bertz CT molecular complexity index is 661. The highest BCUT2D eigenvalue weighted by atomic mass is 16.1. The fourth-order valence-corrected chi connectivity index (χ4v) is 2.28. The van der Waals surface area contributed by atoms with E-state index in [0.717, 1.165) is 29.4 Å². The second-order valence-electron chi connectivity index (χ2n) is 5.55. The van der Waals surface area contributed by atoms with Crippen molar-refractivity contribution in [2.75, 3.05) is 12.8 Å². The van der Waals surface area contributed by atoms with Crippen LogP contribution >= 0.6 is 0 Å². The van der Waals surface area contributed by atoms with E-state index in [0.29, 0.717) is 12.2 Å². The van der Waals surface area contributed by atoms with E-state index in [1.165, 1.54) is 7.05 Å². The standard InChI is InChI=1S/C16H20N4O.CH5N/c1-4-13-14(6-8-18-15(13)17)12-10-19-20(11-12)16(2,3)7-5-9-21;1-2/h4,6,8-11H,1,5,7H2,2-3H3,(H2,17,18);2H2,1H3. The van der Waals surface area contributed by atoms with Gasteiger partial charge in [-0.15, -0.1) is 0 Å². The third-order valence-corrected chi connectivity index (χ3v) is 3.61. The first-order chi connectivity index (χ1) is 11.0. The number of aldehydes is 1. The molecule has 0 radical (unpaired) electrons. The van der Waals surface area contributed by atoms with E-state index in [1.807, 2.05) is 16.9 Å². The number of nitrogens with two attached hydrogens (primary N) is 2. The highest BCUT2D eigenvalue weighted by Gasteiger charge is 2.21. The first-order valence-electron chi connectivity index (χ1n) is 7.43. The lowest BCUT2D eigenvalue weighted by Crippen LogP contribution is -2.26. The monoisotopic (exact) mass is 315 g/mol. The number of carbonyl (C=O) groups is 1. The number of rotatable bonds is 6. The molecular formula is C17H25N5O. The van der Waals surface area contributed by atoms with Crippen LogP contribution in [0.2, 0.25) is 0 Å². The molecule has 0 atom stereocenters. The maximum absolute atomic E-state index is 10.6. The van der Waals surface area contributed by atoms with Gasteiger partial charge in [0.05, 0.1) is 11.7 Å². The van der Waals surface area contributed by atoms with Crippen LogP contribution < -0.4 is 11.5 Å². The van der Waals surface area contributed by atoms with Crippen LogP contribution in [0.25, 0.3) is 17.2 Å². The molecule has 0 amide bonds. The number of nitrogen functional groups attached to an aromatic ring is 1. The van der Waals surface area contributed by atoms with Crippen LogP contribution in [0, 0.1) is 0 Å². The topological polar surface area (TPSA) is 99.8 Å². The summed E-state index contributed by atoms with van der Waals surface area (Å²) >= 11 is 0. The Morgan fingerprint density at radius 2 is 2.09 bits per heavy atom. The molecule has 124 valence electrons. The number of pyridine rings is 1. The van der Waals surface area contributed by atoms with E-state index in [-0.39, 0.29) is 5.54 Å². The molecule has 2 aromatic heterocycles. The Labute approximate surface area is 137 Å². The molecule has 0 unspecified atom stereocenters. The molecule has 2 heterocycles. The van der Waals surface area contributed by atoms with Gasteiger partial charge in [0.25, 0.3) is 0 Å². The first-order valence-corrected chi connectivity index (χ1v) is 7.43. The quantitative estimate of drug-likeness (QED) is 0.798. The molecule has 2 aromatic rings. The molecule has 0 aliphatic heterocycles. The van der Waals surface area contributed by atoms with Gasteiger partial charge in [-0.1, -0.05) is 12.7 Å². The summed E-state index contributed by atoms with van der Waals surface area (Å²) in [6.07, 6.45) is 9.33. The lowest BCUT2D eigenvalue weighted by molar-refractivity contribution is -0.108. The maximum Gasteiger partial charge on any atom is 0.131 e. The minimum atomic E-state index is -0.216. The van der Waals surface area contributed by atoms with Crippen molar-refractivity contribution in [3.8, 4) is 11.1 Å². The van der Waals surface area contributed by atoms with Crippen LogP contribution in [0.5, 0.6) is 0 Å². The van der Waals surface area contributed by atoms with Crippen molar-refractivity contribution < 1.29 is 4.79 Å². The molecule has 0 aliphatic carbocycles. The largest absolute Gasteiger partial charge is 0.383 e. The lowest BCUT2D eigenvalue weighted by atomic mass is 9.99. The Balaban J connectivity index is 0.00000127. The van der Waals surface area contributed by atoms with E-state index in [2.05, 4.69) is 36.2 Å². The molecule has 0 spiro atoms. The molecule has 0 aliphatic rings. The Morgan fingerprint density at radius 1 is 1.39 bits per heavy atom. The highest BCUT2D eigenvalue weighted by Crippen LogP contribution is 2.29. The average molecular weight is 315 g/mol. The van der Waals surface area contributed by atoms with Crippen molar-refractivity contribution in [1.29, 1.82) is 0 Å². The zero-order valence-electron chi connectivity index (χ0n) is 14.0. The van der Waals surface area contributed by atoms with Crippen LogP contribution in [0.4, 0.5) is 5.82 Å². The third kappa shape index (κ3) is 4.26. The van der Waals surface area contributed by atoms with Gasteiger partial charge in [0.1, 0.15) is 12.1 Å². The van der Waals surface area contributed by atoms with E-state index < -0.39 is 0 Å². The van der Waals surface area contributed by atoms with Gasteiger partial charge in [0.2, 0.25) is 0 Å². The summed E-state index contributed by atoms with van der Waals surface area (Å²) in [5.74, 6) is 0.454. The van der Waals surface area contributed by atoms with Gasteiger partial charge in [-0.3, -0.25) is 4.68 Å². The van der Waals surface area contributed by atoms with E-state index >= 15 is 0 Å². The van der Waals surface area contributed by atoms with E-state index in [1.54, 1.807) is 18.5 Å². The van der Waals surface area contributed by atoms with Gasteiger partial charge in [-0.05, 0) is 38.9 Å². The average Bonchev–Trinajstić information content (AvgIpc) is 3.05. The summed E-state index contributed by atoms with van der Waals surface area (Å²) in [4.78, 5) is 14.6. The predicted molar refractivity (Wildman–Crippen MR) is 94.7 cm³/mol. The van der Waals surface area contributed by atoms with E-state index in [4.69, 9.17) is 5.73 Å². The highest BCUT2D eigenvalue weighted by molar-refractivity contribution is 5.79. The molecule has 6 nitrogen and oxygen atoms in total. The number of hydrogen-bond acceptors (Lipinski definition) is 5. The number of anilines is 1. The summed E-state index contributed by atoms with van der Waals surface area (Å²) in [6.45, 7) is 7.90. The lowest BCUT2D eigenvalue weighted by Gasteiger charge is -2.24. The molecular weight excluding hydrogens is 290 g/mol. The van der Waals surface area contributed by atoms with Gasteiger partial charge in [-0.25, -0.2) is 4.98 Å². The van der Waals surface area contributed by atoms with Crippen molar-refractivity contribution in [3.63, 3.8) is 0 Å². The molecule has 2 rings (SSSR count). The smallest absolute Gasteiger partial charge is 0.131 e. The van der Waals surface area contributed by atoms with Gasteiger partial charge < -0.3 is 16.3 Å². The summed E-state index contributed by atoms with van der Waals surface area (Å²) in [5, 5.41) is 4.43. The van der Waals surface area contributed by atoms with Crippen molar-refractivity contribution in [1.82, 2.24) is 14.8 Å². The van der Waals surface area contributed by atoms with Crippen LogP contribution in [0.1, 0.15) is 32.3 Å². The number of hydrogen-bond donors (Lipinski definition) is 2. The van der Waals surface area contributed by atoms with Crippen molar-refractivity contribution >= 4 is 18.2 Å². The number of nitrogens with zero attached hydrogens (tertiary/aromatic N) is 3. The van der Waals surface area contributed by atoms with Crippen LogP contribution in [-0.4, -0.2) is 28.1 Å². The summed E-state index contributed by atoms with van der Waals surface area (Å²) in [5.41, 5.74) is 12.9. The zero-order chi connectivity index (χ0) is 17.5. The fourth-order valence-electron chi connectivity index (χ4n) is 2.28. The zero-order valence-corrected chi connectivity index (χ0v) is 14.0. The fraction of sp³-hybridized carbons (Fsp3) is 0.353. The molecule has 0 fully saturated rings. The van der Waals surface area contributed by atoms with Crippen LogP contribution in [-0.2, 0) is 10.3 Å².